The minimum Gasteiger partial charge on any atom is -0.382 e. The average Bonchev–Trinajstić information content (AvgIpc) is 2.18. The molecule has 2 atom stereocenters. The number of aliphatic hydroxyl groups excluding tert-OH is 1. The van der Waals surface area contributed by atoms with Crippen molar-refractivity contribution in [3.63, 3.8) is 0 Å². The predicted octanol–water partition coefficient (Wildman–Crippen LogP) is -0.176. The molecule has 0 fully saturated rings. The van der Waals surface area contributed by atoms with E-state index in [4.69, 9.17) is 11.5 Å². The fraction of sp³-hybridized carbons (Fsp3) is 0.300. The molecule has 0 spiro atoms. The van der Waals surface area contributed by atoms with Crippen LogP contribution in [0, 0.1) is 0 Å². The van der Waals surface area contributed by atoms with Crippen LogP contribution in [0.4, 0.5) is 0 Å². The van der Waals surface area contributed by atoms with Gasteiger partial charge in [0.25, 0.3) is 0 Å². The summed E-state index contributed by atoms with van der Waals surface area (Å²) in [6, 6.07) is 8.76. The van der Waals surface area contributed by atoms with Gasteiger partial charge in [-0.1, -0.05) is 30.3 Å². The highest BCUT2D eigenvalue weighted by molar-refractivity contribution is 5.85. The quantitative estimate of drug-likeness (QED) is 0.671. The summed E-state index contributed by atoms with van der Waals surface area (Å²) in [6.07, 6.45) is -0.847. The van der Waals surface area contributed by atoms with Crippen molar-refractivity contribution in [3.05, 3.63) is 35.9 Å². The number of primary amides is 1. The molecule has 0 unspecified atom stereocenters. The molecule has 15 heavy (non-hydrogen) atoms. The van der Waals surface area contributed by atoms with Crippen LogP contribution in [-0.2, 0) is 11.2 Å². The van der Waals surface area contributed by atoms with Crippen molar-refractivity contribution < 1.29 is 9.90 Å². The normalized spacial score (nSPS) is 13.7. The number of halogens is 1. The SMILES string of the molecule is Cl.NC(=O)[C@H](O)[C@@H](N)Cc1ccccc1. The lowest BCUT2D eigenvalue weighted by Gasteiger charge is -2.15. The molecule has 0 bridgehead atoms. The van der Waals surface area contributed by atoms with E-state index in [0.29, 0.717) is 6.42 Å². The number of hydrogen-bond donors (Lipinski definition) is 3. The first kappa shape index (κ1) is 13.9. The zero-order valence-electron chi connectivity index (χ0n) is 8.17. The highest BCUT2D eigenvalue weighted by Crippen LogP contribution is 2.04. The zero-order valence-corrected chi connectivity index (χ0v) is 8.98. The van der Waals surface area contributed by atoms with Crippen LogP contribution in [0.3, 0.4) is 0 Å². The van der Waals surface area contributed by atoms with E-state index in [1.807, 2.05) is 30.3 Å². The molecular weight excluding hydrogens is 216 g/mol. The Morgan fingerprint density at radius 1 is 1.33 bits per heavy atom. The van der Waals surface area contributed by atoms with Crippen LogP contribution in [-0.4, -0.2) is 23.2 Å². The Morgan fingerprint density at radius 3 is 2.33 bits per heavy atom. The first-order valence-corrected chi connectivity index (χ1v) is 4.38. The molecule has 0 aliphatic heterocycles. The summed E-state index contributed by atoms with van der Waals surface area (Å²) in [5.41, 5.74) is 11.5. The number of hydrogen-bond acceptors (Lipinski definition) is 3. The fourth-order valence-corrected chi connectivity index (χ4v) is 1.21. The lowest BCUT2D eigenvalue weighted by Crippen LogP contribution is -2.45. The molecule has 0 aliphatic carbocycles. The van der Waals surface area contributed by atoms with E-state index in [9.17, 15) is 9.90 Å². The highest BCUT2D eigenvalue weighted by atomic mass is 35.5. The Bertz CT molecular complexity index is 306. The van der Waals surface area contributed by atoms with Gasteiger partial charge in [0, 0.05) is 6.04 Å². The Morgan fingerprint density at radius 2 is 1.87 bits per heavy atom. The summed E-state index contributed by atoms with van der Waals surface area (Å²) < 4.78 is 0. The van der Waals surface area contributed by atoms with Gasteiger partial charge in [-0.15, -0.1) is 12.4 Å². The van der Waals surface area contributed by atoms with Crippen LogP contribution < -0.4 is 11.5 Å². The lowest BCUT2D eigenvalue weighted by molar-refractivity contribution is -0.126. The minimum atomic E-state index is -1.28. The van der Waals surface area contributed by atoms with Crippen molar-refractivity contribution in [3.8, 4) is 0 Å². The van der Waals surface area contributed by atoms with E-state index in [1.165, 1.54) is 0 Å². The molecule has 0 aromatic heterocycles. The van der Waals surface area contributed by atoms with Gasteiger partial charge in [0.05, 0.1) is 0 Å². The molecule has 0 saturated heterocycles. The first-order valence-electron chi connectivity index (χ1n) is 4.38. The lowest BCUT2D eigenvalue weighted by atomic mass is 10.0. The molecule has 0 saturated carbocycles. The fourth-order valence-electron chi connectivity index (χ4n) is 1.21. The Balaban J connectivity index is 0.00000196. The third-order valence-electron chi connectivity index (χ3n) is 2.01. The molecule has 1 aromatic carbocycles. The monoisotopic (exact) mass is 230 g/mol. The Labute approximate surface area is 94.7 Å². The van der Waals surface area contributed by atoms with Crippen molar-refractivity contribution >= 4 is 18.3 Å². The smallest absolute Gasteiger partial charge is 0.247 e. The van der Waals surface area contributed by atoms with E-state index in [2.05, 4.69) is 0 Å². The Hall–Kier alpha value is -1.10. The van der Waals surface area contributed by atoms with Crippen molar-refractivity contribution in [2.24, 2.45) is 11.5 Å². The van der Waals surface area contributed by atoms with Gasteiger partial charge < -0.3 is 16.6 Å². The molecule has 0 aliphatic rings. The first-order chi connectivity index (χ1) is 6.61. The molecule has 5 N–H and O–H groups in total. The zero-order chi connectivity index (χ0) is 10.6. The molecule has 1 aromatic rings. The van der Waals surface area contributed by atoms with Gasteiger partial charge in [0.2, 0.25) is 5.91 Å². The van der Waals surface area contributed by atoms with Gasteiger partial charge in [0.15, 0.2) is 0 Å². The van der Waals surface area contributed by atoms with Crippen LogP contribution in [0.1, 0.15) is 5.56 Å². The van der Waals surface area contributed by atoms with Gasteiger partial charge in [-0.05, 0) is 12.0 Å². The van der Waals surface area contributed by atoms with Gasteiger partial charge >= 0.3 is 0 Å². The van der Waals surface area contributed by atoms with E-state index in [1.54, 1.807) is 0 Å². The number of carbonyl (C=O) groups is 1. The summed E-state index contributed by atoms with van der Waals surface area (Å²) in [6.45, 7) is 0. The molecule has 1 amide bonds. The van der Waals surface area contributed by atoms with E-state index in [-0.39, 0.29) is 12.4 Å². The summed E-state index contributed by atoms with van der Waals surface area (Å²) in [7, 11) is 0. The Kier molecular flexibility index (Phi) is 5.93. The van der Waals surface area contributed by atoms with E-state index in [0.717, 1.165) is 5.56 Å². The topological polar surface area (TPSA) is 89.3 Å². The summed E-state index contributed by atoms with van der Waals surface area (Å²) in [5, 5.41) is 9.26. The van der Waals surface area contributed by atoms with Gasteiger partial charge in [-0.25, -0.2) is 0 Å². The number of nitrogens with two attached hydrogens (primary N) is 2. The summed E-state index contributed by atoms with van der Waals surface area (Å²) in [5.74, 6) is -0.784. The number of carbonyl (C=O) groups excluding carboxylic acids is 1. The molecule has 0 radical (unpaired) electrons. The molecule has 0 heterocycles. The molecule has 5 heteroatoms. The van der Waals surface area contributed by atoms with Gasteiger partial charge in [0.1, 0.15) is 6.10 Å². The minimum absolute atomic E-state index is 0. The number of benzene rings is 1. The van der Waals surface area contributed by atoms with Crippen molar-refractivity contribution in [1.82, 2.24) is 0 Å². The third-order valence-corrected chi connectivity index (χ3v) is 2.01. The molecular formula is C10H15ClN2O2. The maximum atomic E-state index is 10.6. The molecule has 4 nitrogen and oxygen atoms in total. The largest absolute Gasteiger partial charge is 0.382 e. The number of aliphatic hydroxyl groups is 1. The summed E-state index contributed by atoms with van der Waals surface area (Å²) >= 11 is 0. The van der Waals surface area contributed by atoms with Crippen molar-refractivity contribution in [1.29, 1.82) is 0 Å². The van der Waals surface area contributed by atoms with Crippen molar-refractivity contribution in [2.45, 2.75) is 18.6 Å². The maximum absolute atomic E-state index is 10.6. The average molecular weight is 231 g/mol. The maximum Gasteiger partial charge on any atom is 0.247 e. The number of rotatable bonds is 4. The van der Waals surface area contributed by atoms with Crippen molar-refractivity contribution in [2.75, 3.05) is 0 Å². The highest BCUT2D eigenvalue weighted by Gasteiger charge is 2.20. The van der Waals surface area contributed by atoms with Crippen LogP contribution in [0.15, 0.2) is 30.3 Å². The second kappa shape index (κ2) is 6.40. The van der Waals surface area contributed by atoms with Crippen LogP contribution >= 0.6 is 12.4 Å². The predicted molar refractivity (Wildman–Crippen MR) is 60.6 cm³/mol. The van der Waals surface area contributed by atoms with E-state index < -0.39 is 18.1 Å². The second-order valence-corrected chi connectivity index (χ2v) is 3.20. The van der Waals surface area contributed by atoms with Gasteiger partial charge in [-0.3, -0.25) is 4.79 Å². The standard InChI is InChI=1S/C10H14N2O2.ClH/c11-8(9(13)10(12)14)6-7-4-2-1-3-5-7;/h1-5,8-9,13H,6,11H2,(H2,12,14);1H/t8-,9+;/m0./s1. The van der Waals surface area contributed by atoms with Crippen LogP contribution in [0.2, 0.25) is 0 Å². The van der Waals surface area contributed by atoms with Crippen LogP contribution in [0.25, 0.3) is 0 Å². The van der Waals surface area contributed by atoms with E-state index >= 15 is 0 Å². The van der Waals surface area contributed by atoms with Gasteiger partial charge in [-0.2, -0.15) is 0 Å². The van der Waals surface area contributed by atoms with Crippen LogP contribution in [0.5, 0.6) is 0 Å². The second-order valence-electron chi connectivity index (χ2n) is 3.20. The molecule has 1 rings (SSSR count). The third kappa shape index (κ3) is 4.29. The summed E-state index contributed by atoms with van der Waals surface area (Å²) in [4.78, 5) is 10.6. The number of amides is 1. The molecule has 84 valence electrons.